The molecular weight excluding hydrogens is 334 g/mol. The van der Waals surface area contributed by atoms with Crippen LogP contribution in [0.15, 0.2) is 60.7 Å². The van der Waals surface area contributed by atoms with E-state index in [1.807, 2.05) is 74.5 Å². The van der Waals surface area contributed by atoms with Crippen molar-refractivity contribution >= 4 is 11.3 Å². The average Bonchev–Trinajstić information content (AvgIpc) is 3.20. The lowest BCUT2D eigenvalue weighted by atomic mass is 10.2. The molecule has 0 saturated heterocycles. The molecular formula is C18H16N5OS+. The number of thiazole rings is 1. The third-order valence-corrected chi connectivity index (χ3v) is 4.71. The summed E-state index contributed by atoms with van der Waals surface area (Å²) < 4.78 is 0. The Bertz CT molecular complexity index is 919. The van der Waals surface area contributed by atoms with E-state index in [1.54, 1.807) is 9.64 Å². The van der Waals surface area contributed by atoms with Crippen LogP contribution in [0.3, 0.4) is 0 Å². The average molecular weight is 350 g/mol. The van der Waals surface area contributed by atoms with Crippen molar-refractivity contribution < 1.29 is 9.63 Å². The highest BCUT2D eigenvalue weighted by Gasteiger charge is 2.26. The van der Waals surface area contributed by atoms with Gasteiger partial charge in [-0.1, -0.05) is 47.7 Å². The van der Waals surface area contributed by atoms with E-state index in [1.165, 1.54) is 11.3 Å². The van der Waals surface area contributed by atoms with E-state index < -0.39 is 0 Å². The Kier molecular flexibility index (Phi) is 3.99. The standard InChI is InChI=1S/C18H16N5OS/c1-13-14(2)25-18(19-13)24-23-17(15-9-5-3-6-10-15)20-21-22(23)16-11-7-4-8-12-16/h3-12H,1-2H3/q+1. The minimum absolute atomic E-state index is 0.552. The second-order valence-corrected chi connectivity index (χ2v) is 6.66. The number of aryl methyl sites for hydroxylation is 2. The van der Waals surface area contributed by atoms with Crippen LogP contribution in [0.1, 0.15) is 10.6 Å². The van der Waals surface area contributed by atoms with Gasteiger partial charge in [0.15, 0.2) is 10.9 Å². The molecule has 7 heteroatoms. The van der Waals surface area contributed by atoms with Crippen LogP contribution in [0.5, 0.6) is 5.19 Å². The van der Waals surface area contributed by atoms with E-state index in [0.29, 0.717) is 11.0 Å². The second-order valence-electron chi connectivity index (χ2n) is 5.49. The molecule has 0 aliphatic heterocycles. The van der Waals surface area contributed by atoms with Gasteiger partial charge < -0.3 is 4.84 Å². The number of rotatable bonds is 4. The topological polar surface area (TPSA) is 56.7 Å². The van der Waals surface area contributed by atoms with Gasteiger partial charge in [0.1, 0.15) is 5.10 Å². The zero-order valence-electron chi connectivity index (χ0n) is 13.8. The zero-order chi connectivity index (χ0) is 17.2. The van der Waals surface area contributed by atoms with Gasteiger partial charge in [-0.2, -0.15) is 0 Å². The van der Waals surface area contributed by atoms with Crippen molar-refractivity contribution in [2.75, 3.05) is 0 Å². The van der Waals surface area contributed by atoms with Crippen molar-refractivity contribution in [3.05, 3.63) is 71.2 Å². The molecule has 0 radical (unpaired) electrons. The summed E-state index contributed by atoms with van der Waals surface area (Å²) in [6.07, 6.45) is 0. The molecule has 2 aromatic carbocycles. The fourth-order valence-corrected chi connectivity index (χ4v) is 3.11. The van der Waals surface area contributed by atoms with E-state index in [9.17, 15) is 0 Å². The molecule has 0 amide bonds. The first kappa shape index (κ1) is 15.5. The molecule has 0 fully saturated rings. The minimum atomic E-state index is 0.552. The molecule has 2 aromatic heterocycles. The predicted molar refractivity (Wildman–Crippen MR) is 94.6 cm³/mol. The lowest BCUT2D eigenvalue weighted by Gasteiger charge is -2.03. The van der Waals surface area contributed by atoms with Gasteiger partial charge in [0.2, 0.25) is 0 Å². The van der Waals surface area contributed by atoms with Crippen LogP contribution in [0.4, 0.5) is 0 Å². The number of para-hydroxylation sites is 1. The summed E-state index contributed by atoms with van der Waals surface area (Å²) in [7, 11) is 0. The molecule has 0 saturated carbocycles. The van der Waals surface area contributed by atoms with Gasteiger partial charge in [0.25, 0.3) is 0 Å². The van der Waals surface area contributed by atoms with Gasteiger partial charge in [0.05, 0.1) is 11.3 Å². The van der Waals surface area contributed by atoms with Gasteiger partial charge in [-0.05, 0) is 38.1 Å². The number of nitrogens with zero attached hydrogens (tertiary/aromatic N) is 5. The Labute approximate surface area is 148 Å². The highest BCUT2D eigenvalue weighted by Crippen LogP contribution is 2.25. The Hall–Kier alpha value is -3.06. The van der Waals surface area contributed by atoms with Gasteiger partial charge in [-0.15, -0.1) is 0 Å². The first-order chi connectivity index (χ1) is 12.2. The lowest BCUT2D eigenvalue weighted by molar-refractivity contribution is -0.764. The monoisotopic (exact) mass is 350 g/mol. The van der Waals surface area contributed by atoms with E-state index >= 15 is 0 Å². The number of hydrogen-bond donors (Lipinski definition) is 0. The zero-order valence-corrected chi connectivity index (χ0v) is 14.6. The summed E-state index contributed by atoms with van der Waals surface area (Å²) in [5.74, 6) is 0.606. The summed E-state index contributed by atoms with van der Waals surface area (Å²) in [5.41, 5.74) is 2.72. The van der Waals surface area contributed by atoms with Crippen molar-refractivity contribution in [3.8, 4) is 22.3 Å². The maximum absolute atomic E-state index is 6.05. The Balaban J connectivity index is 1.84. The quantitative estimate of drug-likeness (QED) is 0.531. The van der Waals surface area contributed by atoms with Crippen LogP contribution in [0.25, 0.3) is 17.1 Å². The molecule has 25 heavy (non-hydrogen) atoms. The maximum atomic E-state index is 6.05. The van der Waals surface area contributed by atoms with E-state index in [0.717, 1.165) is 21.8 Å². The summed E-state index contributed by atoms with van der Waals surface area (Å²) >= 11 is 1.50. The number of hydrogen-bond acceptors (Lipinski definition) is 5. The first-order valence-electron chi connectivity index (χ1n) is 7.83. The van der Waals surface area contributed by atoms with Crippen molar-refractivity contribution in [3.63, 3.8) is 0 Å². The molecule has 2 heterocycles. The van der Waals surface area contributed by atoms with Gasteiger partial charge >= 0.3 is 11.0 Å². The Morgan fingerprint density at radius 1 is 0.960 bits per heavy atom. The van der Waals surface area contributed by atoms with Crippen molar-refractivity contribution in [1.82, 2.24) is 20.1 Å². The largest absolute Gasteiger partial charge is 0.356 e. The van der Waals surface area contributed by atoms with Crippen molar-refractivity contribution in [2.45, 2.75) is 13.8 Å². The Morgan fingerprint density at radius 2 is 1.64 bits per heavy atom. The summed E-state index contributed by atoms with van der Waals surface area (Å²) in [4.78, 5) is 14.8. The third kappa shape index (κ3) is 3.01. The van der Waals surface area contributed by atoms with Crippen LogP contribution >= 0.6 is 11.3 Å². The maximum Gasteiger partial charge on any atom is 0.356 e. The molecule has 0 atom stereocenters. The first-order valence-corrected chi connectivity index (χ1v) is 8.65. The van der Waals surface area contributed by atoms with Crippen LogP contribution < -0.4 is 9.63 Å². The van der Waals surface area contributed by atoms with Crippen LogP contribution in [0, 0.1) is 13.8 Å². The predicted octanol–water partition coefficient (Wildman–Crippen LogP) is 3.14. The fraction of sp³-hybridized carbons (Fsp3) is 0.111. The minimum Gasteiger partial charge on any atom is -0.306 e. The molecule has 0 unspecified atom stereocenters. The number of benzene rings is 2. The van der Waals surface area contributed by atoms with E-state index in [2.05, 4.69) is 15.3 Å². The highest BCUT2D eigenvalue weighted by atomic mass is 32.1. The molecule has 124 valence electrons. The molecule has 6 nitrogen and oxygen atoms in total. The molecule has 0 spiro atoms. The van der Waals surface area contributed by atoms with E-state index in [-0.39, 0.29) is 0 Å². The van der Waals surface area contributed by atoms with Crippen molar-refractivity contribution in [1.29, 1.82) is 0 Å². The van der Waals surface area contributed by atoms with E-state index in [4.69, 9.17) is 4.84 Å². The number of aromatic nitrogens is 5. The normalized spacial score (nSPS) is 10.8. The number of tetrazole rings is 1. The van der Waals surface area contributed by atoms with Crippen molar-refractivity contribution in [2.24, 2.45) is 0 Å². The Morgan fingerprint density at radius 3 is 2.28 bits per heavy atom. The third-order valence-electron chi connectivity index (χ3n) is 3.77. The summed E-state index contributed by atoms with van der Waals surface area (Å²) in [6, 6.07) is 19.6. The van der Waals surface area contributed by atoms with Crippen LogP contribution in [-0.2, 0) is 0 Å². The van der Waals surface area contributed by atoms with Gasteiger partial charge in [0, 0.05) is 14.5 Å². The molecule has 0 aliphatic rings. The SMILES string of the molecule is Cc1nc(On2c(-c3ccccc3)nn[n+]2-c2ccccc2)sc1C. The van der Waals surface area contributed by atoms with Gasteiger partial charge in [-0.3, -0.25) is 0 Å². The fourth-order valence-electron chi connectivity index (χ4n) is 2.36. The van der Waals surface area contributed by atoms with Crippen LogP contribution in [0.2, 0.25) is 0 Å². The smallest absolute Gasteiger partial charge is 0.306 e. The molecule has 0 N–H and O–H groups in total. The molecule has 0 bridgehead atoms. The molecule has 4 aromatic rings. The van der Waals surface area contributed by atoms with Gasteiger partial charge in [-0.25, -0.2) is 4.98 Å². The molecule has 4 rings (SSSR count). The van der Waals surface area contributed by atoms with Crippen LogP contribution in [-0.4, -0.2) is 20.1 Å². The summed E-state index contributed by atoms with van der Waals surface area (Å²) in [5, 5.41) is 9.14. The second kappa shape index (κ2) is 6.45. The molecule has 0 aliphatic carbocycles. The lowest BCUT2D eigenvalue weighted by Crippen LogP contribution is -2.45. The summed E-state index contributed by atoms with van der Waals surface area (Å²) in [6.45, 7) is 3.99. The highest BCUT2D eigenvalue weighted by molar-refractivity contribution is 7.13.